The summed E-state index contributed by atoms with van der Waals surface area (Å²) in [5.41, 5.74) is 3.20. The van der Waals surface area contributed by atoms with Gasteiger partial charge in [-0.1, -0.05) is 12.1 Å². The molecule has 1 aliphatic rings. The summed E-state index contributed by atoms with van der Waals surface area (Å²) in [6, 6.07) is 13.7. The van der Waals surface area contributed by atoms with Gasteiger partial charge in [0.1, 0.15) is 5.82 Å². The first-order chi connectivity index (χ1) is 16.3. The summed E-state index contributed by atoms with van der Waals surface area (Å²) in [7, 11) is 0. The van der Waals surface area contributed by atoms with Crippen LogP contribution in [0.5, 0.6) is 0 Å². The van der Waals surface area contributed by atoms with Gasteiger partial charge in [0, 0.05) is 50.0 Å². The number of hydrogen-bond acceptors (Lipinski definition) is 5. The summed E-state index contributed by atoms with van der Waals surface area (Å²) in [4.78, 5) is 24.5. The first-order valence-electron chi connectivity index (χ1n) is 11.4. The summed E-state index contributed by atoms with van der Waals surface area (Å²) >= 11 is 0. The average molecular weight is 445 g/mol. The van der Waals surface area contributed by atoms with E-state index in [4.69, 9.17) is 9.72 Å². The fraction of sp³-hybridized carbons (Fsp3) is 0.320. The van der Waals surface area contributed by atoms with Crippen LogP contribution in [0.15, 0.2) is 67.3 Å². The Balaban J connectivity index is 1.29. The minimum absolute atomic E-state index is 0.139. The molecule has 0 spiro atoms. The van der Waals surface area contributed by atoms with Crippen LogP contribution >= 0.6 is 0 Å². The number of ether oxygens (including phenoxy) is 1. The van der Waals surface area contributed by atoms with Crippen molar-refractivity contribution in [1.29, 1.82) is 0 Å². The van der Waals surface area contributed by atoms with Crippen LogP contribution < -0.4 is 5.32 Å². The zero-order chi connectivity index (χ0) is 22.5. The third-order valence-electron chi connectivity index (χ3n) is 5.88. The molecule has 0 saturated carbocycles. The van der Waals surface area contributed by atoms with Gasteiger partial charge in [0.15, 0.2) is 5.69 Å². The molecule has 1 N–H and O–H groups in total. The minimum Gasteiger partial charge on any atom is -0.379 e. The first-order valence-corrected chi connectivity index (χ1v) is 11.4. The van der Waals surface area contributed by atoms with Crippen LogP contribution in [0.3, 0.4) is 0 Å². The van der Waals surface area contributed by atoms with E-state index in [9.17, 15) is 4.79 Å². The first kappa shape index (κ1) is 21.4. The maximum absolute atomic E-state index is 13.0. The van der Waals surface area contributed by atoms with Gasteiger partial charge in [-0.05, 0) is 43.3 Å². The molecule has 4 aromatic rings. The second kappa shape index (κ2) is 9.97. The van der Waals surface area contributed by atoms with Crippen molar-refractivity contribution in [1.82, 2.24) is 29.2 Å². The molecule has 170 valence electrons. The molecule has 0 aliphatic carbocycles. The summed E-state index contributed by atoms with van der Waals surface area (Å²) in [5.74, 6) is 0.615. The van der Waals surface area contributed by atoms with Crippen molar-refractivity contribution < 1.29 is 9.53 Å². The number of carbonyl (C=O) groups is 1. The summed E-state index contributed by atoms with van der Waals surface area (Å²) < 4.78 is 9.44. The normalized spacial score (nSPS) is 14.5. The lowest BCUT2D eigenvalue weighted by Gasteiger charge is -2.26. The highest BCUT2D eigenvalue weighted by Gasteiger charge is 2.19. The van der Waals surface area contributed by atoms with Crippen LogP contribution in [0, 0.1) is 0 Å². The fourth-order valence-electron chi connectivity index (χ4n) is 4.17. The Labute approximate surface area is 192 Å². The van der Waals surface area contributed by atoms with Gasteiger partial charge in [-0.25, -0.2) is 4.98 Å². The SMILES string of the molecule is O=C(NCCCN1CCOCC1)c1nc(-c2ccn(Cc3ccccn3)c2)n2ccccc12. The molecule has 33 heavy (non-hydrogen) atoms. The highest BCUT2D eigenvalue weighted by atomic mass is 16.5. The molecule has 1 amide bonds. The van der Waals surface area contributed by atoms with Gasteiger partial charge in [0.2, 0.25) is 0 Å². The zero-order valence-electron chi connectivity index (χ0n) is 18.6. The molecular weight excluding hydrogens is 416 g/mol. The number of imidazole rings is 1. The number of pyridine rings is 2. The van der Waals surface area contributed by atoms with E-state index >= 15 is 0 Å². The van der Waals surface area contributed by atoms with Crippen LogP contribution in [0.25, 0.3) is 16.9 Å². The van der Waals surface area contributed by atoms with Crippen molar-refractivity contribution in [3.63, 3.8) is 0 Å². The molecule has 1 saturated heterocycles. The molecule has 0 radical (unpaired) electrons. The quantitative estimate of drug-likeness (QED) is 0.423. The Hall–Kier alpha value is -3.49. The van der Waals surface area contributed by atoms with Crippen LogP contribution in [0.1, 0.15) is 22.6 Å². The molecule has 1 aliphatic heterocycles. The van der Waals surface area contributed by atoms with Crippen molar-refractivity contribution in [2.24, 2.45) is 0 Å². The number of morpholine rings is 1. The van der Waals surface area contributed by atoms with Crippen LogP contribution in [0.4, 0.5) is 0 Å². The van der Waals surface area contributed by atoms with Gasteiger partial charge in [-0.2, -0.15) is 0 Å². The third kappa shape index (κ3) is 4.97. The van der Waals surface area contributed by atoms with Gasteiger partial charge < -0.3 is 14.6 Å². The Kier molecular flexibility index (Phi) is 6.46. The number of hydrogen-bond donors (Lipinski definition) is 1. The maximum atomic E-state index is 13.0. The lowest BCUT2D eigenvalue weighted by Crippen LogP contribution is -2.38. The van der Waals surface area contributed by atoms with Crippen molar-refractivity contribution >= 4 is 11.4 Å². The van der Waals surface area contributed by atoms with E-state index in [1.165, 1.54) is 0 Å². The molecule has 1 fully saturated rings. The second-order valence-corrected chi connectivity index (χ2v) is 8.20. The highest BCUT2D eigenvalue weighted by molar-refractivity contribution is 6.00. The Morgan fingerprint density at radius 3 is 2.79 bits per heavy atom. The predicted molar refractivity (Wildman–Crippen MR) is 126 cm³/mol. The van der Waals surface area contributed by atoms with E-state index in [0.717, 1.165) is 61.9 Å². The Morgan fingerprint density at radius 2 is 1.94 bits per heavy atom. The maximum Gasteiger partial charge on any atom is 0.272 e. The second-order valence-electron chi connectivity index (χ2n) is 8.20. The molecule has 0 bridgehead atoms. The molecule has 8 nitrogen and oxygen atoms in total. The van der Waals surface area contributed by atoms with Crippen LogP contribution in [0.2, 0.25) is 0 Å². The molecule has 0 aromatic carbocycles. The number of nitrogens with one attached hydrogen (secondary N) is 1. The summed E-state index contributed by atoms with van der Waals surface area (Å²) in [6.07, 6.45) is 8.71. The van der Waals surface area contributed by atoms with Crippen molar-refractivity contribution in [3.8, 4) is 11.4 Å². The zero-order valence-corrected chi connectivity index (χ0v) is 18.6. The third-order valence-corrected chi connectivity index (χ3v) is 5.88. The number of carbonyl (C=O) groups excluding carboxylic acids is 1. The van der Waals surface area contributed by atoms with E-state index in [2.05, 4.69) is 19.8 Å². The standard InChI is InChI=1S/C25H28N6O2/c32-25(27-10-5-11-29-14-16-33-17-15-29)23-22-7-2-4-12-31(22)24(28-23)20-8-13-30(18-20)19-21-6-1-3-9-26-21/h1-4,6-9,12-13,18H,5,10-11,14-17,19H2,(H,27,32). The van der Waals surface area contributed by atoms with Gasteiger partial charge in [-0.15, -0.1) is 0 Å². The summed E-state index contributed by atoms with van der Waals surface area (Å²) in [5, 5.41) is 3.05. The lowest BCUT2D eigenvalue weighted by atomic mass is 10.3. The molecule has 5 rings (SSSR count). The Bertz CT molecular complexity index is 1210. The minimum atomic E-state index is -0.139. The Morgan fingerprint density at radius 1 is 1.06 bits per heavy atom. The van der Waals surface area contributed by atoms with Crippen molar-refractivity contribution in [2.45, 2.75) is 13.0 Å². The van der Waals surface area contributed by atoms with E-state index in [0.29, 0.717) is 18.8 Å². The van der Waals surface area contributed by atoms with Crippen molar-refractivity contribution in [2.75, 3.05) is 39.4 Å². The van der Waals surface area contributed by atoms with E-state index in [1.54, 1.807) is 6.20 Å². The van der Waals surface area contributed by atoms with Crippen LogP contribution in [-0.4, -0.2) is 69.1 Å². The molecule has 8 heteroatoms. The fourth-order valence-corrected chi connectivity index (χ4v) is 4.17. The van der Waals surface area contributed by atoms with Gasteiger partial charge >= 0.3 is 0 Å². The molecular formula is C25H28N6O2. The predicted octanol–water partition coefficient (Wildman–Crippen LogP) is 2.70. The highest BCUT2D eigenvalue weighted by Crippen LogP contribution is 2.23. The van der Waals surface area contributed by atoms with E-state index < -0.39 is 0 Å². The molecule has 0 atom stereocenters. The topological polar surface area (TPSA) is 76.7 Å². The number of rotatable bonds is 8. The number of nitrogens with zero attached hydrogens (tertiary/aromatic N) is 5. The van der Waals surface area contributed by atoms with E-state index in [-0.39, 0.29) is 5.91 Å². The molecule has 5 heterocycles. The molecule has 0 unspecified atom stereocenters. The van der Waals surface area contributed by atoms with E-state index in [1.807, 2.05) is 65.5 Å². The number of fused-ring (bicyclic) bond motifs is 1. The molecule has 4 aromatic heterocycles. The van der Waals surface area contributed by atoms with Crippen molar-refractivity contribution in [3.05, 3.63) is 78.6 Å². The van der Waals surface area contributed by atoms with Crippen LogP contribution in [-0.2, 0) is 11.3 Å². The van der Waals surface area contributed by atoms with Gasteiger partial charge in [-0.3, -0.25) is 19.1 Å². The number of amides is 1. The summed E-state index contributed by atoms with van der Waals surface area (Å²) in [6.45, 7) is 5.77. The number of aromatic nitrogens is 4. The smallest absolute Gasteiger partial charge is 0.272 e. The average Bonchev–Trinajstić information content (AvgIpc) is 3.48. The lowest BCUT2D eigenvalue weighted by molar-refractivity contribution is 0.0374. The van der Waals surface area contributed by atoms with Gasteiger partial charge in [0.05, 0.1) is 31.0 Å². The monoisotopic (exact) mass is 444 g/mol. The van der Waals surface area contributed by atoms with Gasteiger partial charge in [0.25, 0.3) is 5.91 Å². The largest absolute Gasteiger partial charge is 0.379 e.